The number of nitrogens with zero attached hydrogens (tertiary/aromatic N) is 3. The monoisotopic (exact) mass is 424 g/mol. The van der Waals surface area contributed by atoms with Crippen molar-refractivity contribution in [1.29, 1.82) is 0 Å². The van der Waals surface area contributed by atoms with E-state index in [9.17, 15) is 36.3 Å². The summed E-state index contributed by atoms with van der Waals surface area (Å²) in [4.78, 5) is 14.7. The predicted molar refractivity (Wildman–Crippen MR) is 86.1 cm³/mol. The molecule has 0 spiro atoms. The molecule has 2 aliphatic heterocycles. The Balaban J connectivity index is 1.62. The second-order valence-corrected chi connectivity index (χ2v) is 6.54. The summed E-state index contributed by atoms with van der Waals surface area (Å²) in [5.41, 5.74) is 1.61. The van der Waals surface area contributed by atoms with E-state index >= 15 is 0 Å². The molecule has 29 heavy (non-hydrogen) atoms. The second kappa shape index (κ2) is 7.79. The molecule has 1 aromatic carbocycles. The van der Waals surface area contributed by atoms with Gasteiger partial charge >= 0.3 is 6.18 Å². The summed E-state index contributed by atoms with van der Waals surface area (Å²) in [7, 11) is 0. The van der Waals surface area contributed by atoms with Gasteiger partial charge in [-0.1, -0.05) is 0 Å². The van der Waals surface area contributed by atoms with Gasteiger partial charge in [0.15, 0.2) is 11.6 Å². The first-order chi connectivity index (χ1) is 13.6. The van der Waals surface area contributed by atoms with Gasteiger partial charge in [0.2, 0.25) is 17.8 Å². The van der Waals surface area contributed by atoms with Crippen LogP contribution in [0.25, 0.3) is 0 Å². The predicted octanol–water partition coefficient (Wildman–Crippen LogP) is -0.103. The molecule has 13 heteroatoms. The van der Waals surface area contributed by atoms with Crippen molar-refractivity contribution in [3.8, 4) is 0 Å². The third-order valence-corrected chi connectivity index (χ3v) is 4.58. The summed E-state index contributed by atoms with van der Waals surface area (Å²) in [6, 6.07) is 0.963. The quantitative estimate of drug-likeness (QED) is 0.207. The largest absolute Gasteiger partial charge is 0.428 e. The van der Waals surface area contributed by atoms with E-state index in [1.807, 2.05) is 5.43 Å². The summed E-state index contributed by atoms with van der Waals surface area (Å²) in [6.07, 6.45) is -7.32. The van der Waals surface area contributed by atoms with Crippen LogP contribution in [-0.2, 0) is 11.2 Å². The SMILES string of the molecule is O=C(C/C(Cc1cc(F)c(F)cc1F)=[NH+]\O)N1CCN2C(=NNC2C(F)(F)F)C1. The van der Waals surface area contributed by atoms with Gasteiger partial charge in [0, 0.05) is 24.7 Å². The van der Waals surface area contributed by atoms with Crippen molar-refractivity contribution >= 4 is 17.5 Å². The van der Waals surface area contributed by atoms with Crippen LogP contribution in [0.2, 0.25) is 0 Å². The second-order valence-electron chi connectivity index (χ2n) is 6.54. The number of alkyl halides is 3. The van der Waals surface area contributed by atoms with Crippen LogP contribution in [0.1, 0.15) is 12.0 Å². The van der Waals surface area contributed by atoms with E-state index in [0.29, 0.717) is 12.1 Å². The molecule has 1 fully saturated rings. The molecule has 0 aromatic heterocycles. The third kappa shape index (κ3) is 4.38. The van der Waals surface area contributed by atoms with Crippen LogP contribution in [0.3, 0.4) is 0 Å². The molecule has 1 atom stereocenters. The van der Waals surface area contributed by atoms with Gasteiger partial charge in [-0.15, -0.1) is 0 Å². The fraction of sp³-hybridized carbons (Fsp3) is 0.438. The normalized spacial score (nSPS) is 19.7. The lowest BCUT2D eigenvalue weighted by Gasteiger charge is -2.36. The highest BCUT2D eigenvalue weighted by Crippen LogP contribution is 2.27. The zero-order valence-corrected chi connectivity index (χ0v) is 14.7. The molecule has 0 aliphatic carbocycles. The molecule has 0 radical (unpaired) electrons. The van der Waals surface area contributed by atoms with E-state index in [2.05, 4.69) is 5.10 Å². The van der Waals surface area contributed by atoms with Crippen LogP contribution in [-0.4, -0.2) is 64.4 Å². The van der Waals surface area contributed by atoms with Crippen molar-refractivity contribution in [2.24, 2.45) is 5.10 Å². The van der Waals surface area contributed by atoms with Gasteiger partial charge in [-0.25, -0.2) is 13.2 Å². The molecule has 1 aromatic rings. The van der Waals surface area contributed by atoms with E-state index in [0.717, 1.165) is 4.90 Å². The first-order valence-corrected chi connectivity index (χ1v) is 8.41. The Morgan fingerprint density at radius 3 is 2.55 bits per heavy atom. The lowest BCUT2D eigenvalue weighted by atomic mass is 10.0. The average molecular weight is 424 g/mol. The summed E-state index contributed by atoms with van der Waals surface area (Å²) in [5.74, 6) is -4.24. The molecule has 158 valence electrons. The van der Waals surface area contributed by atoms with Crippen LogP contribution >= 0.6 is 0 Å². The maximum Gasteiger partial charge on any atom is 0.428 e. The molecule has 0 saturated carbocycles. The number of fused-ring (bicyclic) bond motifs is 1. The number of hydrazone groups is 1. The van der Waals surface area contributed by atoms with Crippen LogP contribution in [0, 0.1) is 17.5 Å². The van der Waals surface area contributed by atoms with Crippen molar-refractivity contribution < 1.29 is 41.5 Å². The Morgan fingerprint density at radius 2 is 1.90 bits per heavy atom. The number of amides is 1. The van der Waals surface area contributed by atoms with Crippen molar-refractivity contribution in [3.05, 3.63) is 35.1 Å². The first-order valence-electron chi connectivity index (χ1n) is 8.41. The molecule has 0 bridgehead atoms. The minimum Gasteiger partial charge on any atom is -0.333 e. The topological polar surface area (TPSA) is 82.1 Å². The number of piperazine rings is 1. The van der Waals surface area contributed by atoms with E-state index in [4.69, 9.17) is 0 Å². The smallest absolute Gasteiger partial charge is 0.333 e. The molecule has 1 unspecified atom stereocenters. The molecule has 2 aliphatic rings. The Bertz CT molecular complexity index is 872. The first kappa shape index (κ1) is 20.7. The molecule has 7 nitrogen and oxygen atoms in total. The van der Waals surface area contributed by atoms with E-state index < -0.39 is 48.5 Å². The summed E-state index contributed by atoms with van der Waals surface area (Å²) in [6.45, 7) is -0.317. The summed E-state index contributed by atoms with van der Waals surface area (Å²) >= 11 is 0. The minimum absolute atomic E-state index is 0.0235. The molecule has 3 rings (SSSR count). The van der Waals surface area contributed by atoms with Gasteiger partial charge in [-0.3, -0.25) is 15.4 Å². The van der Waals surface area contributed by atoms with Gasteiger partial charge in [0.05, 0.1) is 13.0 Å². The minimum atomic E-state index is -4.53. The number of hydrogen-bond acceptors (Lipinski definition) is 5. The number of amidine groups is 1. The Morgan fingerprint density at radius 1 is 1.21 bits per heavy atom. The average Bonchev–Trinajstić information content (AvgIpc) is 3.08. The van der Waals surface area contributed by atoms with Crippen LogP contribution in [0.15, 0.2) is 17.2 Å². The highest BCUT2D eigenvalue weighted by Gasteiger charge is 2.49. The molecule has 2 heterocycles. The Labute approximate surface area is 160 Å². The number of carbonyl (C=O) groups excluding carboxylic acids is 1. The van der Waals surface area contributed by atoms with E-state index in [1.165, 1.54) is 4.90 Å². The van der Waals surface area contributed by atoms with E-state index in [1.54, 1.807) is 5.16 Å². The summed E-state index contributed by atoms with van der Waals surface area (Å²) < 4.78 is 78.8. The maximum atomic E-state index is 13.8. The standard InChI is InChI=1S/C16H15F6N5O2/c17-10-6-12(19)11(18)4-8(10)3-9(25-29)5-14(28)26-1-2-27-13(7-26)23-24-15(27)16(20,21)22/h4,6,15,24,29H,1-3,5,7H2/p+1/b25-9-. The molecule has 1 saturated heterocycles. The number of benzene rings is 1. The van der Waals surface area contributed by atoms with Gasteiger partial charge in [-0.2, -0.15) is 18.3 Å². The molecular formula is C16H16F6N5O2+. The highest BCUT2D eigenvalue weighted by molar-refractivity contribution is 6.00. The third-order valence-electron chi connectivity index (χ3n) is 4.58. The Hall–Kier alpha value is -2.99. The number of nitrogens with one attached hydrogen (secondary N) is 2. The number of carbonyl (C=O) groups is 1. The maximum absolute atomic E-state index is 13.8. The number of hydrogen-bond donors (Lipinski definition) is 3. The van der Waals surface area contributed by atoms with Gasteiger partial charge in [0.1, 0.15) is 18.1 Å². The summed E-state index contributed by atoms with van der Waals surface area (Å²) in [5, 5.41) is 14.6. The number of rotatable bonds is 4. The molecule has 3 N–H and O–H groups in total. The lowest BCUT2D eigenvalue weighted by Crippen LogP contribution is -2.70. The van der Waals surface area contributed by atoms with Gasteiger partial charge < -0.3 is 9.80 Å². The molecule has 1 amide bonds. The zero-order chi connectivity index (χ0) is 21.3. The fourth-order valence-corrected chi connectivity index (χ4v) is 3.11. The van der Waals surface area contributed by atoms with Gasteiger partial charge in [-0.05, 0) is 11.2 Å². The lowest BCUT2D eigenvalue weighted by molar-refractivity contribution is -0.738. The van der Waals surface area contributed by atoms with Crippen molar-refractivity contribution in [1.82, 2.24) is 15.2 Å². The van der Waals surface area contributed by atoms with Crippen molar-refractivity contribution in [2.75, 3.05) is 19.6 Å². The zero-order valence-electron chi connectivity index (χ0n) is 14.7. The fourth-order valence-electron chi connectivity index (χ4n) is 3.11. The molecular weight excluding hydrogens is 408 g/mol. The van der Waals surface area contributed by atoms with Crippen molar-refractivity contribution in [2.45, 2.75) is 25.2 Å². The van der Waals surface area contributed by atoms with Crippen LogP contribution in [0.5, 0.6) is 0 Å². The highest BCUT2D eigenvalue weighted by atomic mass is 19.4. The van der Waals surface area contributed by atoms with Gasteiger partial charge in [0.25, 0.3) is 0 Å². The Kier molecular flexibility index (Phi) is 5.57. The van der Waals surface area contributed by atoms with Crippen LogP contribution < -0.4 is 10.6 Å². The van der Waals surface area contributed by atoms with Crippen LogP contribution in [0.4, 0.5) is 26.3 Å². The van der Waals surface area contributed by atoms with Crippen molar-refractivity contribution in [3.63, 3.8) is 0 Å². The van der Waals surface area contributed by atoms with E-state index in [-0.39, 0.29) is 36.7 Å². The number of halogens is 6.